The highest BCUT2D eigenvalue weighted by Gasteiger charge is 2.25. The lowest BCUT2D eigenvalue weighted by molar-refractivity contribution is 0.617. The molecule has 103 heavy (non-hydrogen) atoms. The highest BCUT2D eigenvalue weighted by atomic mass is 32.1. The molecule has 0 aliphatic rings. The molecule has 22 rings (SSSR count). The molecule has 9 nitrogen and oxygen atoms in total. The monoisotopic (exact) mass is 1360 g/mol. The zero-order valence-electron chi connectivity index (χ0n) is 54.7. The molecular weight excluding hydrogens is 1310 g/mol. The summed E-state index contributed by atoms with van der Waals surface area (Å²) in [6.07, 6.45) is 0. The van der Waals surface area contributed by atoms with Crippen molar-refractivity contribution in [1.82, 2.24) is 9.97 Å². The van der Waals surface area contributed by atoms with Crippen LogP contribution in [0.25, 0.3) is 185 Å². The van der Waals surface area contributed by atoms with Crippen molar-refractivity contribution < 1.29 is 22.1 Å². The summed E-state index contributed by atoms with van der Waals surface area (Å²) in [6, 6.07) is 111. The third-order valence-corrected chi connectivity index (χ3v) is 22.7. The number of oxazole rings is 2. The van der Waals surface area contributed by atoms with Crippen molar-refractivity contribution in [1.29, 1.82) is 0 Å². The van der Waals surface area contributed by atoms with E-state index < -0.39 is 0 Å². The van der Waals surface area contributed by atoms with E-state index in [4.69, 9.17) is 32.1 Å². The van der Waals surface area contributed by atoms with Crippen molar-refractivity contribution in [3.05, 3.63) is 315 Å². The lowest BCUT2D eigenvalue weighted by atomic mass is 9.97. The highest BCUT2D eigenvalue weighted by molar-refractivity contribution is 7.26. The van der Waals surface area contributed by atoms with Gasteiger partial charge in [0, 0.05) is 153 Å². The molecule has 7 aromatic heterocycles. The third kappa shape index (κ3) is 9.23. The van der Waals surface area contributed by atoms with E-state index in [2.05, 4.69) is 271 Å². The topological polar surface area (TPSA) is 98.0 Å². The van der Waals surface area contributed by atoms with E-state index in [0.29, 0.717) is 28.5 Å². The van der Waals surface area contributed by atoms with Crippen LogP contribution >= 0.6 is 22.7 Å². The molecule has 11 heteroatoms. The molecule has 0 aliphatic heterocycles. The minimum absolute atomic E-state index is 0.505. The minimum atomic E-state index is 0.505. The number of rotatable bonds is 11. The van der Waals surface area contributed by atoms with E-state index in [1.807, 2.05) is 77.3 Å². The maximum absolute atomic E-state index is 7.05. The van der Waals surface area contributed by atoms with Crippen molar-refractivity contribution in [3.8, 4) is 56.3 Å². The number of benzene rings is 15. The Hall–Kier alpha value is -13.3. The molecule has 482 valence electrons. The Balaban J connectivity index is 0.575. The molecule has 7 heterocycles. The number of fused-ring (bicyclic) bond motifs is 17. The zero-order valence-corrected chi connectivity index (χ0v) is 56.3. The maximum atomic E-state index is 7.05. The fourth-order valence-electron chi connectivity index (χ4n) is 15.5. The van der Waals surface area contributed by atoms with Crippen molar-refractivity contribution in [2.75, 3.05) is 9.80 Å². The summed E-state index contributed by atoms with van der Waals surface area (Å²) >= 11 is 3.68. The second kappa shape index (κ2) is 22.6. The van der Waals surface area contributed by atoms with Crippen molar-refractivity contribution in [2.45, 2.75) is 0 Å². The fourth-order valence-corrected chi connectivity index (χ4v) is 17.7. The van der Waals surface area contributed by atoms with Crippen LogP contribution in [0.1, 0.15) is 0 Å². The van der Waals surface area contributed by atoms with Crippen LogP contribution in [0.3, 0.4) is 0 Å². The molecular formula is C92H52N4O5S2. The molecule has 0 amide bonds. The van der Waals surface area contributed by atoms with E-state index in [0.717, 1.165) is 150 Å². The molecule has 0 atom stereocenters. The predicted octanol–water partition coefficient (Wildman–Crippen LogP) is 27.7. The smallest absolute Gasteiger partial charge is 0.227 e. The number of aromatic nitrogens is 2. The molecule has 0 radical (unpaired) electrons. The second-order valence-corrected chi connectivity index (χ2v) is 28.4. The number of anilines is 6. The van der Waals surface area contributed by atoms with E-state index in [-0.39, 0.29) is 0 Å². The van der Waals surface area contributed by atoms with Crippen LogP contribution in [0.15, 0.2) is 338 Å². The predicted molar refractivity (Wildman–Crippen MR) is 426 cm³/mol. The first-order valence-corrected chi connectivity index (χ1v) is 35.9. The van der Waals surface area contributed by atoms with Crippen LogP contribution in [-0.2, 0) is 0 Å². The second-order valence-electron chi connectivity index (χ2n) is 26.3. The normalized spacial score (nSPS) is 12.1. The highest BCUT2D eigenvalue weighted by Crippen LogP contribution is 2.49. The van der Waals surface area contributed by atoms with Crippen LogP contribution in [0.4, 0.5) is 34.1 Å². The van der Waals surface area contributed by atoms with Crippen LogP contribution in [0.2, 0.25) is 0 Å². The van der Waals surface area contributed by atoms with Gasteiger partial charge in [0.25, 0.3) is 0 Å². The van der Waals surface area contributed by atoms with Gasteiger partial charge in [0.15, 0.2) is 11.2 Å². The molecule has 0 unspecified atom stereocenters. The number of thiophene rings is 2. The van der Waals surface area contributed by atoms with Crippen LogP contribution in [-0.4, -0.2) is 9.97 Å². The van der Waals surface area contributed by atoms with Crippen molar-refractivity contribution in [2.24, 2.45) is 0 Å². The molecule has 0 aliphatic carbocycles. The van der Waals surface area contributed by atoms with Crippen LogP contribution < -0.4 is 9.80 Å². The number of para-hydroxylation sites is 4. The van der Waals surface area contributed by atoms with Crippen molar-refractivity contribution >= 4 is 185 Å². The number of nitrogens with zero attached hydrogens (tertiary/aromatic N) is 4. The zero-order chi connectivity index (χ0) is 67.4. The van der Waals surface area contributed by atoms with Crippen LogP contribution in [0.5, 0.6) is 0 Å². The molecule has 0 fully saturated rings. The van der Waals surface area contributed by atoms with Gasteiger partial charge in [-0.25, -0.2) is 9.97 Å². The van der Waals surface area contributed by atoms with Gasteiger partial charge >= 0.3 is 0 Å². The van der Waals surface area contributed by atoms with E-state index in [1.165, 1.54) is 40.3 Å². The first-order valence-electron chi connectivity index (χ1n) is 34.3. The summed E-state index contributed by atoms with van der Waals surface area (Å²) in [4.78, 5) is 14.7. The van der Waals surface area contributed by atoms with Gasteiger partial charge in [-0.1, -0.05) is 170 Å². The summed E-state index contributed by atoms with van der Waals surface area (Å²) in [7, 11) is 0. The minimum Gasteiger partial charge on any atom is -0.455 e. The number of hydrogen-bond donors (Lipinski definition) is 0. The Morgan fingerprint density at radius 3 is 1.27 bits per heavy atom. The summed E-state index contributed by atoms with van der Waals surface area (Å²) in [5, 5.41) is 11.0. The molecule has 0 saturated carbocycles. The van der Waals surface area contributed by atoms with E-state index >= 15 is 0 Å². The third-order valence-electron chi connectivity index (χ3n) is 20.3. The molecule has 22 aromatic rings. The standard InChI is InChI=1S/C92H52N4O5S2/c1-3-16-55(17-4-1)91-93-77-49-73-70-28-13-24-62(88(70)99-81(73)52-83(77)100-91)53-32-36-57(37-33-53)95(56-18-5-2-6-19-56)61-40-43-65-69-27-15-26-68(90(69)97-79(65)48-61)64-20-7-8-23-72(64)92-94-78-51-80-74(50-82(78)101-92)71-29-14-25-63(89(71)98-80)54-34-38-58(39-35-54)96(59-41-44-86-75(46-59)66-21-9-11-30-84(66)102-86)60-42-45-87-76(47-60)67-22-10-12-31-85(67)103-87/h1-52H. The van der Waals surface area contributed by atoms with E-state index in [9.17, 15) is 0 Å². The Morgan fingerprint density at radius 1 is 0.214 bits per heavy atom. The van der Waals surface area contributed by atoms with Gasteiger partial charge in [-0.05, 0) is 144 Å². The van der Waals surface area contributed by atoms with Gasteiger partial charge in [0.2, 0.25) is 11.8 Å². The first kappa shape index (κ1) is 57.6. The molecule has 15 aromatic carbocycles. The Bertz CT molecular complexity index is 7090. The van der Waals surface area contributed by atoms with Crippen LogP contribution in [0, 0.1) is 0 Å². The summed E-state index contributed by atoms with van der Waals surface area (Å²) in [6.45, 7) is 0. The van der Waals surface area contributed by atoms with Gasteiger partial charge < -0.3 is 31.9 Å². The molecule has 0 N–H and O–H groups in total. The lowest BCUT2D eigenvalue weighted by Crippen LogP contribution is -2.09. The first-order chi connectivity index (χ1) is 51.0. The summed E-state index contributed by atoms with van der Waals surface area (Å²) in [5.74, 6) is 1.09. The Labute approximate surface area is 594 Å². The van der Waals surface area contributed by atoms with E-state index in [1.54, 1.807) is 0 Å². The van der Waals surface area contributed by atoms with Gasteiger partial charge in [-0.2, -0.15) is 0 Å². The lowest BCUT2D eigenvalue weighted by Gasteiger charge is -2.26. The quantitative estimate of drug-likeness (QED) is 0.125. The SMILES string of the molecule is c1ccc(-c2nc3cc4c(cc3o2)oc2c(-c3ccc(N(c5ccccc5)c5ccc6c(c5)oc5c(-c7ccccc7-c7nc8cc9oc%10c(-c%11ccc(N(c%12ccc%13sc%14ccccc%14c%13c%12)c%12ccc%13sc%14ccccc%14c%13c%12)cc%11)cccc%10c9cc8o7)cccc56)cc3)cccc24)cc1. The molecule has 0 saturated heterocycles. The average Bonchev–Trinajstić information content (AvgIpc) is 1.61. The number of hydrogen-bond acceptors (Lipinski definition) is 11. The largest absolute Gasteiger partial charge is 0.455 e. The maximum Gasteiger partial charge on any atom is 0.227 e. The van der Waals surface area contributed by atoms with Gasteiger partial charge in [0.05, 0.1) is 0 Å². The summed E-state index contributed by atoms with van der Waals surface area (Å²) in [5.41, 5.74) is 21.4. The summed E-state index contributed by atoms with van der Waals surface area (Å²) < 4.78 is 38.8. The van der Waals surface area contributed by atoms with Gasteiger partial charge in [0.1, 0.15) is 44.5 Å². The molecule has 0 spiro atoms. The molecule has 0 bridgehead atoms. The number of furan rings is 3. The Morgan fingerprint density at radius 2 is 0.631 bits per heavy atom. The van der Waals surface area contributed by atoms with Gasteiger partial charge in [-0.15, -0.1) is 22.7 Å². The average molecular weight is 1360 g/mol. The fraction of sp³-hybridized carbons (Fsp3) is 0. The van der Waals surface area contributed by atoms with Crippen molar-refractivity contribution in [3.63, 3.8) is 0 Å². The van der Waals surface area contributed by atoms with Gasteiger partial charge in [-0.3, -0.25) is 0 Å². The Kier molecular flexibility index (Phi) is 12.6.